The number of fused-ring (bicyclic) bond motifs is 6. The van der Waals surface area contributed by atoms with E-state index >= 15 is 0 Å². The van der Waals surface area contributed by atoms with Gasteiger partial charge >= 0.3 is 0 Å². The summed E-state index contributed by atoms with van der Waals surface area (Å²) in [5.41, 5.74) is 10.4. The van der Waals surface area contributed by atoms with Gasteiger partial charge in [-0.05, 0) is 34.4 Å². The van der Waals surface area contributed by atoms with E-state index < -0.39 is 0 Å². The van der Waals surface area contributed by atoms with Crippen LogP contribution in [0.25, 0.3) is 108 Å². The highest BCUT2D eigenvalue weighted by Gasteiger charge is 2.23. The summed E-state index contributed by atoms with van der Waals surface area (Å²) in [6.07, 6.45) is 0. The quantitative estimate of drug-likeness (QED) is 0.170. The zero-order valence-electron chi connectivity index (χ0n) is 29.9. The van der Waals surface area contributed by atoms with Crippen LogP contribution in [0.1, 0.15) is 0 Å². The Labute approximate surface area is 331 Å². The third kappa shape index (κ3) is 5.41. The van der Waals surface area contributed by atoms with Crippen molar-refractivity contribution in [1.82, 2.24) is 19.9 Å². The molecule has 6 heteroatoms. The number of nitrogens with zero attached hydrogens (tertiary/aromatic N) is 4. The molecule has 0 fully saturated rings. The minimum Gasteiger partial charge on any atom is -0.227 e. The Balaban J connectivity index is 1.16. The number of benzene rings is 7. The maximum absolute atomic E-state index is 5.39. The van der Waals surface area contributed by atoms with Crippen molar-refractivity contribution in [3.05, 3.63) is 182 Å². The van der Waals surface area contributed by atoms with Gasteiger partial charge in [0.25, 0.3) is 0 Å². The minimum atomic E-state index is 0.720. The molecule has 0 atom stereocenters. The van der Waals surface area contributed by atoms with Crippen molar-refractivity contribution in [2.45, 2.75) is 0 Å². The van der Waals surface area contributed by atoms with Gasteiger partial charge in [0.05, 0.1) is 11.4 Å². The first-order valence-corrected chi connectivity index (χ1v) is 20.2. The first-order valence-electron chi connectivity index (χ1n) is 18.6. The van der Waals surface area contributed by atoms with Crippen LogP contribution in [0.15, 0.2) is 182 Å². The Morgan fingerprint density at radius 2 is 0.607 bits per heavy atom. The first kappa shape index (κ1) is 32.6. The van der Waals surface area contributed by atoms with Crippen LogP contribution in [0.4, 0.5) is 0 Å². The average Bonchev–Trinajstić information content (AvgIpc) is 3.85. The Bertz CT molecular complexity index is 3040. The zero-order valence-corrected chi connectivity index (χ0v) is 31.6. The average molecular weight is 751 g/mol. The minimum absolute atomic E-state index is 0.720. The predicted molar refractivity (Wildman–Crippen MR) is 236 cm³/mol. The summed E-state index contributed by atoms with van der Waals surface area (Å²) in [7, 11) is 0. The summed E-state index contributed by atoms with van der Waals surface area (Å²) in [5, 5.41) is 4.50. The molecule has 0 spiro atoms. The molecule has 4 heterocycles. The third-order valence-electron chi connectivity index (χ3n) is 10.4. The van der Waals surface area contributed by atoms with Crippen LogP contribution in [0.3, 0.4) is 0 Å². The Morgan fingerprint density at radius 3 is 1.02 bits per heavy atom. The molecule has 0 saturated carbocycles. The van der Waals surface area contributed by atoms with Crippen molar-refractivity contribution in [3.63, 3.8) is 0 Å². The van der Waals surface area contributed by atoms with E-state index in [1.54, 1.807) is 22.7 Å². The van der Waals surface area contributed by atoms with Gasteiger partial charge in [-0.25, -0.2) is 19.9 Å². The van der Waals surface area contributed by atoms with Crippen molar-refractivity contribution < 1.29 is 0 Å². The summed E-state index contributed by atoms with van der Waals surface area (Å²) in [6, 6.07) is 63.8. The van der Waals surface area contributed by atoms with Gasteiger partial charge in [-0.3, -0.25) is 0 Å². The number of rotatable bonds is 6. The molecule has 0 bridgehead atoms. The standard InChI is InChI=1S/C50H30N4S2/c1-3-17-31(18-4-1)47-51-45(43-39-27-13-15-29-41(39)55-49(43)53-47)37-25-11-9-23-35(37)33-21-7-8-22-34(33)36-24-10-12-26-38(36)46-44-40-28-14-16-30-42(40)56-50(44)54-48(52-46)32-19-5-2-6-20-32/h1-30H. The smallest absolute Gasteiger partial charge is 0.161 e. The molecule has 11 rings (SSSR count). The molecule has 262 valence electrons. The lowest BCUT2D eigenvalue weighted by molar-refractivity contribution is 1.24. The Kier molecular flexibility index (Phi) is 7.83. The second-order valence-electron chi connectivity index (χ2n) is 13.7. The van der Waals surface area contributed by atoms with Gasteiger partial charge in [-0.2, -0.15) is 0 Å². The molecule has 56 heavy (non-hydrogen) atoms. The predicted octanol–water partition coefficient (Wildman–Crippen LogP) is 14.0. The second-order valence-corrected chi connectivity index (χ2v) is 15.8. The lowest BCUT2D eigenvalue weighted by atomic mass is 9.87. The summed E-state index contributed by atoms with van der Waals surface area (Å²) in [4.78, 5) is 23.0. The van der Waals surface area contributed by atoms with Crippen LogP contribution >= 0.6 is 22.7 Å². The lowest BCUT2D eigenvalue weighted by Crippen LogP contribution is -1.97. The fourth-order valence-electron chi connectivity index (χ4n) is 7.87. The molecule has 0 amide bonds. The molecule has 0 radical (unpaired) electrons. The van der Waals surface area contributed by atoms with Gasteiger partial charge in [0, 0.05) is 53.2 Å². The highest BCUT2D eigenvalue weighted by Crippen LogP contribution is 2.47. The zero-order chi connectivity index (χ0) is 37.0. The van der Waals surface area contributed by atoms with E-state index in [0.717, 1.165) is 88.0 Å². The van der Waals surface area contributed by atoms with E-state index in [0.29, 0.717) is 0 Å². The Morgan fingerprint density at radius 1 is 0.286 bits per heavy atom. The largest absolute Gasteiger partial charge is 0.227 e. The lowest BCUT2D eigenvalue weighted by Gasteiger charge is -2.18. The topological polar surface area (TPSA) is 51.6 Å². The van der Waals surface area contributed by atoms with Crippen molar-refractivity contribution in [1.29, 1.82) is 0 Å². The van der Waals surface area contributed by atoms with E-state index in [1.165, 1.54) is 20.2 Å². The fraction of sp³-hybridized carbons (Fsp3) is 0. The molecule has 4 nitrogen and oxygen atoms in total. The Hall–Kier alpha value is -6.86. The molecule has 4 aromatic heterocycles. The molecular formula is C50H30N4S2. The van der Waals surface area contributed by atoms with Crippen LogP contribution in [-0.4, -0.2) is 19.9 Å². The molecule has 0 unspecified atom stereocenters. The van der Waals surface area contributed by atoms with Gasteiger partial charge < -0.3 is 0 Å². The molecule has 0 aliphatic rings. The number of hydrogen-bond acceptors (Lipinski definition) is 6. The van der Waals surface area contributed by atoms with Crippen molar-refractivity contribution in [2.75, 3.05) is 0 Å². The van der Waals surface area contributed by atoms with E-state index in [9.17, 15) is 0 Å². The molecule has 0 saturated heterocycles. The van der Waals surface area contributed by atoms with E-state index in [2.05, 4.69) is 146 Å². The van der Waals surface area contributed by atoms with Crippen LogP contribution in [0.5, 0.6) is 0 Å². The second kappa shape index (κ2) is 13.5. The van der Waals surface area contributed by atoms with Gasteiger partial charge in [-0.15, -0.1) is 22.7 Å². The third-order valence-corrected chi connectivity index (χ3v) is 12.5. The molecule has 0 aliphatic carbocycles. The van der Waals surface area contributed by atoms with Gasteiger partial charge in [0.2, 0.25) is 0 Å². The summed E-state index contributed by atoms with van der Waals surface area (Å²) in [5.74, 6) is 1.44. The van der Waals surface area contributed by atoms with Crippen LogP contribution in [-0.2, 0) is 0 Å². The monoisotopic (exact) mass is 750 g/mol. The summed E-state index contributed by atoms with van der Waals surface area (Å²) < 4.78 is 2.39. The van der Waals surface area contributed by atoms with E-state index in [-0.39, 0.29) is 0 Å². The van der Waals surface area contributed by atoms with Crippen LogP contribution in [0, 0.1) is 0 Å². The SMILES string of the molecule is c1ccc(-c2nc(-c3ccccc3-c3ccccc3-c3ccccc3-c3nc(-c4ccccc4)nc4sc5ccccc5c34)c3c(n2)sc2ccccc23)cc1. The van der Waals surface area contributed by atoms with Gasteiger partial charge in [-0.1, -0.05) is 170 Å². The summed E-state index contributed by atoms with van der Waals surface area (Å²) >= 11 is 3.44. The van der Waals surface area contributed by atoms with Gasteiger partial charge in [0.1, 0.15) is 9.66 Å². The van der Waals surface area contributed by atoms with E-state index in [4.69, 9.17) is 19.9 Å². The molecule has 11 aromatic rings. The van der Waals surface area contributed by atoms with Crippen LogP contribution in [0.2, 0.25) is 0 Å². The maximum atomic E-state index is 5.39. The maximum Gasteiger partial charge on any atom is 0.161 e. The first-order chi connectivity index (χ1) is 27.8. The van der Waals surface area contributed by atoms with Crippen molar-refractivity contribution in [3.8, 4) is 67.5 Å². The molecule has 0 N–H and O–H groups in total. The number of hydrogen-bond donors (Lipinski definition) is 0. The fourth-order valence-corrected chi connectivity index (χ4v) is 10.0. The van der Waals surface area contributed by atoms with Crippen molar-refractivity contribution in [2.24, 2.45) is 0 Å². The molecular weight excluding hydrogens is 721 g/mol. The van der Waals surface area contributed by atoms with Crippen molar-refractivity contribution >= 4 is 63.3 Å². The highest BCUT2D eigenvalue weighted by molar-refractivity contribution is 7.26. The van der Waals surface area contributed by atoms with Crippen LogP contribution < -0.4 is 0 Å². The van der Waals surface area contributed by atoms with E-state index in [1.807, 2.05) is 36.4 Å². The van der Waals surface area contributed by atoms with Gasteiger partial charge in [0.15, 0.2) is 11.6 Å². The summed E-state index contributed by atoms with van der Waals surface area (Å²) in [6.45, 7) is 0. The number of thiophene rings is 2. The normalized spacial score (nSPS) is 11.6. The molecule has 7 aromatic carbocycles. The highest BCUT2D eigenvalue weighted by atomic mass is 32.1. The number of aromatic nitrogens is 4. The molecule has 0 aliphatic heterocycles.